The summed E-state index contributed by atoms with van der Waals surface area (Å²) in [6, 6.07) is 0.286. The van der Waals surface area contributed by atoms with E-state index in [1.807, 2.05) is 6.92 Å². The van der Waals surface area contributed by atoms with Crippen molar-refractivity contribution < 1.29 is 4.74 Å². The van der Waals surface area contributed by atoms with Crippen molar-refractivity contribution in [2.24, 2.45) is 5.73 Å². The van der Waals surface area contributed by atoms with Crippen LogP contribution in [0.15, 0.2) is 6.33 Å². The highest BCUT2D eigenvalue weighted by molar-refractivity contribution is 4.94. The van der Waals surface area contributed by atoms with E-state index in [0.29, 0.717) is 12.5 Å². The zero-order valence-electron chi connectivity index (χ0n) is 11.1. The molecule has 5 heteroatoms. The highest BCUT2D eigenvalue weighted by atomic mass is 16.5. The second kappa shape index (κ2) is 7.40. The van der Waals surface area contributed by atoms with Crippen molar-refractivity contribution in [1.82, 2.24) is 14.8 Å². The minimum Gasteiger partial charge on any atom is -0.383 e. The van der Waals surface area contributed by atoms with E-state index in [2.05, 4.69) is 21.7 Å². The van der Waals surface area contributed by atoms with Gasteiger partial charge in [-0.1, -0.05) is 13.3 Å². The molecule has 0 amide bonds. The molecule has 5 nitrogen and oxygen atoms in total. The van der Waals surface area contributed by atoms with Crippen LogP contribution in [0, 0.1) is 0 Å². The summed E-state index contributed by atoms with van der Waals surface area (Å²) >= 11 is 0. The normalized spacial score (nSPS) is 14.8. The Labute approximate surface area is 103 Å². The van der Waals surface area contributed by atoms with Crippen LogP contribution < -0.4 is 5.73 Å². The van der Waals surface area contributed by atoms with Crippen LogP contribution in [0.5, 0.6) is 0 Å². The average Bonchev–Trinajstić information content (AvgIpc) is 2.73. The number of ether oxygens (including phenoxy) is 1. The fourth-order valence-corrected chi connectivity index (χ4v) is 1.88. The maximum atomic E-state index is 5.74. The number of nitrogens with two attached hydrogens (primary N) is 1. The molecule has 2 unspecified atom stereocenters. The van der Waals surface area contributed by atoms with Gasteiger partial charge in [0.25, 0.3) is 0 Å². The first kappa shape index (κ1) is 14.1. The Bertz CT molecular complexity index is 311. The summed E-state index contributed by atoms with van der Waals surface area (Å²) in [7, 11) is 1.70. The predicted molar refractivity (Wildman–Crippen MR) is 67.8 cm³/mol. The molecule has 0 radical (unpaired) electrons. The molecule has 1 rings (SSSR count). The van der Waals surface area contributed by atoms with Crippen LogP contribution in [0.4, 0.5) is 0 Å². The van der Waals surface area contributed by atoms with Crippen LogP contribution in [0.3, 0.4) is 0 Å². The van der Waals surface area contributed by atoms with Crippen molar-refractivity contribution >= 4 is 0 Å². The summed E-state index contributed by atoms with van der Waals surface area (Å²) in [5.41, 5.74) is 5.74. The third-order valence-electron chi connectivity index (χ3n) is 2.92. The van der Waals surface area contributed by atoms with Gasteiger partial charge in [0.2, 0.25) is 0 Å². The second-order valence-electron chi connectivity index (χ2n) is 4.68. The first-order valence-electron chi connectivity index (χ1n) is 6.27. The molecule has 98 valence electrons. The van der Waals surface area contributed by atoms with E-state index < -0.39 is 0 Å². The monoisotopic (exact) mass is 240 g/mol. The maximum Gasteiger partial charge on any atom is 0.135 e. The lowest BCUT2D eigenvalue weighted by molar-refractivity contribution is 0.185. The molecule has 2 atom stereocenters. The number of hydrogen-bond donors (Lipinski definition) is 1. The summed E-state index contributed by atoms with van der Waals surface area (Å²) in [4.78, 5) is 0. The van der Waals surface area contributed by atoms with Crippen molar-refractivity contribution in [1.29, 1.82) is 0 Å². The largest absolute Gasteiger partial charge is 0.383 e. The molecule has 0 aliphatic heterocycles. The van der Waals surface area contributed by atoms with Gasteiger partial charge < -0.3 is 15.0 Å². The van der Waals surface area contributed by atoms with Crippen molar-refractivity contribution in [3.8, 4) is 0 Å². The molecule has 1 aromatic heterocycles. The van der Waals surface area contributed by atoms with Gasteiger partial charge in [-0.15, -0.1) is 10.2 Å². The van der Waals surface area contributed by atoms with Gasteiger partial charge in [0, 0.05) is 25.6 Å². The van der Waals surface area contributed by atoms with Gasteiger partial charge in [-0.2, -0.15) is 0 Å². The third-order valence-corrected chi connectivity index (χ3v) is 2.92. The number of rotatable bonds is 8. The fraction of sp³-hybridized carbons (Fsp3) is 0.833. The number of nitrogens with zero attached hydrogens (tertiary/aromatic N) is 3. The Morgan fingerprint density at radius 2 is 2.18 bits per heavy atom. The zero-order chi connectivity index (χ0) is 12.7. The molecule has 1 heterocycles. The molecule has 2 N–H and O–H groups in total. The van der Waals surface area contributed by atoms with Gasteiger partial charge in [0.15, 0.2) is 0 Å². The summed E-state index contributed by atoms with van der Waals surface area (Å²) in [5, 5.41) is 8.16. The molecule has 0 aromatic carbocycles. The Morgan fingerprint density at radius 1 is 1.41 bits per heavy atom. The standard InChI is InChI=1S/C12H24N4O/c1-10(5-4-6-11(2)13)12-15-14-9-16(12)7-8-17-3/h9-11H,4-8,13H2,1-3H3. The van der Waals surface area contributed by atoms with Crippen LogP contribution in [-0.4, -0.2) is 34.5 Å². The lowest BCUT2D eigenvalue weighted by atomic mass is 10.0. The zero-order valence-corrected chi connectivity index (χ0v) is 11.1. The lowest BCUT2D eigenvalue weighted by Crippen LogP contribution is -2.15. The average molecular weight is 240 g/mol. The molecular weight excluding hydrogens is 216 g/mol. The van der Waals surface area contributed by atoms with E-state index in [0.717, 1.165) is 31.6 Å². The predicted octanol–water partition coefficient (Wildman–Crippen LogP) is 1.55. The van der Waals surface area contributed by atoms with Gasteiger partial charge in [0.1, 0.15) is 12.2 Å². The van der Waals surface area contributed by atoms with Crippen LogP contribution in [0.25, 0.3) is 0 Å². The first-order chi connectivity index (χ1) is 8.15. The molecule has 0 aliphatic rings. The van der Waals surface area contributed by atoms with Crippen LogP contribution in [0.2, 0.25) is 0 Å². The molecule has 0 fully saturated rings. The first-order valence-corrected chi connectivity index (χ1v) is 6.27. The topological polar surface area (TPSA) is 66.0 Å². The van der Waals surface area contributed by atoms with E-state index in [1.54, 1.807) is 13.4 Å². The molecule has 0 saturated heterocycles. The van der Waals surface area contributed by atoms with Crippen molar-refractivity contribution in [3.05, 3.63) is 12.2 Å². The highest BCUT2D eigenvalue weighted by Gasteiger charge is 2.12. The molecule has 1 aromatic rings. The fourth-order valence-electron chi connectivity index (χ4n) is 1.88. The molecule has 17 heavy (non-hydrogen) atoms. The van der Waals surface area contributed by atoms with Gasteiger partial charge in [-0.05, 0) is 19.8 Å². The molecule has 0 spiro atoms. The molecular formula is C12H24N4O. The Kier molecular flexibility index (Phi) is 6.15. The van der Waals surface area contributed by atoms with Crippen molar-refractivity contribution in [2.75, 3.05) is 13.7 Å². The Hall–Kier alpha value is -0.940. The van der Waals surface area contributed by atoms with Crippen LogP contribution in [-0.2, 0) is 11.3 Å². The second-order valence-corrected chi connectivity index (χ2v) is 4.68. The van der Waals surface area contributed by atoms with Gasteiger partial charge in [0.05, 0.1) is 6.61 Å². The summed E-state index contributed by atoms with van der Waals surface area (Å²) in [6.07, 6.45) is 5.08. The van der Waals surface area contributed by atoms with E-state index in [1.165, 1.54) is 0 Å². The van der Waals surface area contributed by atoms with Crippen molar-refractivity contribution in [3.63, 3.8) is 0 Å². The van der Waals surface area contributed by atoms with E-state index in [-0.39, 0.29) is 6.04 Å². The van der Waals surface area contributed by atoms with Crippen molar-refractivity contribution in [2.45, 2.75) is 51.6 Å². The molecule has 0 saturated carbocycles. The van der Waals surface area contributed by atoms with E-state index in [4.69, 9.17) is 10.5 Å². The number of aromatic nitrogens is 3. The minimum absolute atomic E-state index is 0.286. The van der Waals surface area contributed by atoms with Gasteiger partial charge in [-0.3, -0.25) is 0 Å². The SMILES string of the molecule is COCCn1cnnc1C(C)CCCC(C)N. The third kappa shape index (κ3) is 4.83. The summed E-state index contributed by atoms with van der Waals surface area (Å²) in [6.45, 7) is 5.74. The number of methoxy groups -OCH3 is 1. The van der Waals surface area contributed by atoms with Gasteiger partial charge >= 0.3 is 0 Å². The smallest absolute Gasteiger partial charge is 0.135 e. The Morgan fingerprint density at radius 3 is 2.82 bits per heavy atom. The summed E-state index contributed by atoms with van der Waals surface area (Å²) < 4.78 is 7.14. The highest BCUT2D eigenvalue weighted by Crippen LogP contribution is 2.19. The van der Waals surface area contributed by atoms with Gasteiger partial charge in [-0.25, -0.2) is 0 Å². The quantitative estimate of drug-likeness (QED) is 0.748. The Balaban J connectivity index is 2.44. The molecule has 0 bridgehead atoms. The summed E-state index contributed by atoms with van der Waals surface area (Å²) in [5.74, 6) is 1.47. The van der Waals surface area contributed by atoms with E-state index >= 15 is 0 Å². The van der Waals surface area contributed by atoms with Crippen LogP contribution in [0.1, 0.15) is 44.9 Å². The maximum absolute atomic E-state index is 5.74. The minimum atomic E-state index is 0.286. The van der Waals surface area contributed by atoms with Crippen LogP contribution >= 0.6 is 0 Å². The van der Waals surface area contributed by atoms with E-state index in [9.17, 15) is 0 Å². The number of hydrogen-bond acceptors (Lipinski definition) is 4. The molecule has 0 aliphatic carbocycles. The lowest BCUT2D eigenvalue weighted by Gasteiger charge is -2.13.